The molecule has 0 aromatic heterocycles. The van der Waals surface area contributed by atoms with Gasteiger partial charge in [-0.1, -0.05) is 0 Å². The molecule has 3 N–H and O–H groups in total. The minimum atomic E-state index is -1.13. The molecule has 0 rings (SSSR count). The lowest BCUT2D eigenvalue weighted by atomic mass is 10.1. The Kier molecular flexibility index (Phi) is 3.47. The maximum Gasteiger partial charge on any atom is 0.321 e. The zero-order valence-corrected chi connectivity index (χ0v) is 7.09. The first-order valence-electron chi connectivity index (χ1n) is 2.91. The van der Waals surface area contributed by atoms with E-state index in [1.165, 1.54) is 0 Å². The van der Waals surface area contributed by atoms with E-state index in [9.17, 15) is 9.70 Å². The van der Waals surface area contributed by atoms with Crippen LogP contribution in [-0.2, 0) is 4.79 Å². The monoisotopic (exact) mass is 178 g/mol. The Hall–Kier alpha value is -0.620. The summed E-state index contributed by atoms with van der Waals surface area (Å²) >= 11 is 0.634. The second-order valence-electron chi connectivity index (χ2n) is 2.59. The van der Waals surface area contributed by atoms with E-state index in [-0.39, 0.29) is 0 Å². The molecule has 0 saturated carbocycles. The smallest absolute Gasteiger partial charge is 0.321 e. The summed E-state index contributed by atoms with van der Waals surface area (Å²) < 4.78 is 1.68. The quantitative estimate of drug-likeness (QED) is 0.485. The standard InChI is InChI=1S/C5H10N2O3S/c1-5(2,11-7-10)3(6)4(8)9/h3H,6H2,1-2H3,(H,8,9)/t3-/m0/s1. The van der Waals surface area contributed by atoms with Crippen LogP contribution in [0.4, 0.5) is 0 Å². The number of nitroso groups, excluding NO2 is 1. The Bertz CT molecular complexity index is 171. The fourth-order valence-corrected chi connectivity index (χ4v) is 0.857. The first-order valence-corrected chi connectivity index (χ1v) is 3.68. The van der Waals surface area contributed by atoms with Crippen molar-refractivity contribution in [3.05, 3.63) is 4.91 Å². The number of carboxylic acids is 1. The molecule has 6 heteroatoms. The molecule has 64 valence electrons. The highest BCUT2D eigenvalue weighted by atomic mass is 32.2. The average Bonchev–Trinajstić information content (AvgIpc) is 1.86. The van der Waals surface area contributed by atoms with Crippen molar-refractivity contribution in [2.45, 2.75) is 24.6 Å². The number of aliphatic carboxylic acids is 1. The van der Waals surface area contributed by atoms with Gasteiger partial charge in [0.1, 0.15) is 6.04 Å². The zero-order valence-electron chi connectivity index (χ0n) is 6.27. The molecule has 0 unspecified atom stereocenters. The van der Waals surface area contributed by atoms with Gasteiger partial charge in [-0.25, -0.2) is 0 Å². The van der Waals surface area contributed by atoms with E-state index >= 15 is 0 Å². The Morgan fingerprint density at radius 1 is 1.73 bits per heavy atom. The molecule has 11 heavy (non-hydrogen) atoms. The molecule has 0 aromatic rings. The van der Waals surface area contributed by atoms with Crippen LogP contribution in [0.3, 0.4) is 0 Å². The highest BCUT2D eigenvalue weighted by molar-refractivity contribution is 7.99. The van der Waals surface area contributed by atoms with Crippen molar-refractivity contribution in [1.29, 1.82) is 0 Å². The van der Waals surface area contributed by atoms with Gasteiger partial charge in [0.05, 0.1) is 4.75 Å². The lowest BCUT2D eigenvalue weighted by molar-refractivity contribution is -0.139. The zero-order chi connectivity index (χ0) is 9.07. The Balaban J connectivity index is 4.27. The lowest BCUT2D eigenvalue weighted by Gasteiger charge is -2.23. The van der Waals surface area contributed by atoms with Gasteiger partial charge in [0.25, 0.3) is 0 Å². The number of hydrogen-bond acceptors (Lipinski definition) is 5. The summed E-state index contributed by atoms with van der Waals surface area (Å²) in [6.45, 7) is 3.11. The largest absolute Gasteiger partial charge is 0.480 e. The van der Waals surface area contributed by atoms with Crippen molar-refractivity contribution in [3.8, 4) is 0 Å². The van der Waals surface area contributed by atoms with E-state index in [4.69, 9.17) is 10.8 Å². The number of nitrogens with two attached hydrogens (primary N) is 1. The Morgan fingerprint density at radius 2 is 2.18 bits per heavy atom. The van der Waals surface area contributed by atoms with Crippen LogP contribution in [0.2, 0.25) is 0 Å². The Morgan fingerprint density at radius 3 is 2.45 bits per heavy atom. The van der Waals surface area contributed by atoms with Crippen molar-refractivity contribution in [1.82, 2.24) is 0 Å². The van der Waals surface area contributed by atoms with Gasteiger partial charge in [-0.05, 0) is 13.8 Å². The Labute approximate surface area is 68.4 Å². The highest BCUT2D eigenvalue weighted by Gasteiger charge is 2.33. The average molecular weight is 178 g/mol. The van der Waals surface area contributed by atoms with Crippen LogP contribution in [0.25, 0.3) is 0 Å². The van der Waals surface area contributed by atoms with Crippen LogP contribution >= 0.6 is 11.9 Å². The molecule has 1 atom stereocenters. The van der Waals surface area contributed by atoms with E-state index in [2.05, 4.69) is 4.58 Å². The summed E-state index contributed by atoms with van der Waals surface area (Å²) in [4.78, 5) is 20.2. The maximum atomic E-state index is 10.3. The number of rotatable bonds is 4. The third-order valence-electron chi connectivity index (χ3n) is 1.29. The van der Waals surface area contributed by atoms with Gasteiger partial charge in [0.2, 0.25) is 0 Å². The fourth-order valence-electron chi connectivity index (χ4n) is 0.450. The van der Waals surface area contributed by atoms with Crippen LogP contribution in [0.1, 0.15) is 13.8 Å². The molecular weight excluding hydrogens is 168 g/mol. The molecule has 0 bridgehead atoms. The minimum Gasteiger partial charge on any atom is -0.480 e. The summed E-state index contributed by atoms with van der Waals surface area (Å²) in [5.41, 5.74) is 5.26. The topological polar surface area (TPSA) is 92.8 Å². The van der Waals surface area contributed by atoms with Gasteiger partial charge in [-0.3, -0.25) is 4.79 Å². The summed E-state index contributed by atoms with van der Waals surface area (Å²) in [5, 5.41) is 8.46. The van der Waals surface area contributed by atoms with Crippen molar-refractivity contribution in [3.63, 3.8) is 0 Å². The molecule has 0 heterocycles. The second-order valence-corrected chi connectivity index (χ2v) is 3.97. The second kappa shape index (κ2) is 3.68. The number of nitrogens with zero attached hydrogens (tertiary/aromatic N) is 1. The first kappa shape index (κ1) is 10.4. The normalized spacial score (nSPS) is 14.1. The molecule has 0 saturated heterocycles. The van der Waals surface area contributed by atoms with Crippen molar-refractivity contribution in [2.24, 2.45) is 10.3 Å². The predicted octanol–water partition coefficient (Wildman–Crippen LogP) is 0.592. The molecule has 0 radical (unpaired) electrons. The lowest BCUT2D eigenvalue weighted by Crippen LogP contribution is -2.46. The number of carboxylic acid groups (broad SMARTS) is 1. The molecule has 5 nitrogen and oxygen atoms in total. The van der Waals surface area contributed by atoms with Gasteiger partial charge in [0, 0.05) is 16.5 Å². The van der Waals surface area contributed by atoms with E-state index < -0.39 is 16.8 Å². The third kappa shape index (κ3) is 2.85. The molecule has 0 aliphatic heterocycles. The summed E-state index contributed by atoms with van der Waals surface area (Å²) in [5.74, 6) is -1.13. The first-order chi connectivity index (χ1) is 4.91. The fraction of sp³-hybridized carbons (Fsp3) is 0.800. The molecule has 0 aliphatic rings. The molecule has 0 aromatic carbocycles. The maximum absolute atomic E-state index is 10.3. The highest BCUT2D eigenvalue weighted by Crippen LogP contribution is 2.27. The van der Waals surface area contributed by atoms with Gasteiger partial charge in [0.15, 0.2) is 0 Å². The molecular formula is C5H10N2O3S. The van der Waals surface area contributed by atoms with E-state index in [0.717, 1.165) is 0 Å². The summed E-state index contributed by atoms with van der Waals surface area (Å²) in [6.07, 6.45) is 0. The van der Waals surface area contributed by atoms with E-state index in [0.29, 0.717) is 11.9 Å². The van der Waals surface area contributed by atoms with Crippen molar-refractivity contribution in [2.75, 3.05) is 0 Å². The van der Waals surface area contributed by atoms with Crippen molar-refractivity contribution >= 4 is 17.9 Å². The minimum absolute atomic E-state index is 0.634. The van der Waals surface area contributed by atoms with Gasteiger partial charge >= 0.3 is 5.97 Å². The number of carbonyl (C=O) groups is 1. The molecule has 0 spiro atoms. The van der Waals surface area contributed by atoms with Gasteiger partial charge < -0.3 is 10.8 Å². The molecule has 0 aliphatic carbocycles. The number of hydrogen-bond donors (Lipinski definition) is 2. The predicted molar refractivity (Wildman–Crippen MR) is 43.1 cm³/mol. The third-order valence-corrected chi connectivity index (χ3v) is 2.09. The van der Waals surface area contributed by atoms with E-state index in [1.54, 1.807) is 13.8 Å². The summed E-state index contributed by atoms with van der Waals surface area (Å²) in [6, 6.07) is -1.08. The van der Waals surface area contributed by atoms with Gasteiger partial charge in [-0.2, -0.15) is 0 Å². The van der Waals surface area contributed by atoms with Crippen LogP contribution in [0.5, 0.6) is 0 Å². The molecule has 0 amide bonds. The van der Waals surface area contributed by atoms with Crippen LogP contribution < -0.4 is 5.73 Å². The van der Waals surface area contributed by atoms with Crippen LogP contribution in [-0.4, -0.2) is 21.9 Å². The van der Waals surface area contributed by atoms with Crippen LogP contribution in [0, 0.1) is 4.91 Å². The van der Waals surface area contributed by atoms with Crippen LogP contribution in [0.15, 0.2) is 4.58 Å². The van der Waals surface area contributed by atoms with Crippen molar-refractivity contribution < 1.29 is 9.90 Å². The SMILES string of the molecule is CC(C)(SN=O)[C@@H](N)C(=O)O. The molecule has 0 fully saturated rings. The van der Waals surface area contributed by atoms with E-state index in [1.807, 2.05) is 0 Å². The van der Waals surface area contributed by atoms with Gasteiger partial charge in [-0.15, -0.1) is 4.91 Å². The summed E-state index contributed by atoms with van der Waals surface area (Å²) in [7, 11) is 0.